The Labute approximate surface area is 202 Å². The van der Waals surface area contributed by atoms with Gasteiger partial charge in [0.25, 0.3) is 0 Å². The summed E-state index contributed by atoms with van der Waals surface area (Å²) in [6.07, 6.45) is 2.73. The van der Waals surface area contributed by atoms with Gasteiger partial charge in [-0.3, -0.25) is 9.59 Å². The number of rotatable bonds is 5. The van der Waals surface area contributed by atoms with E-state index < -0.39 is 11.2 Å². The lowest BCUT2D eigenvalue weighted by Gasteiger charge is -2.33. The fourth-order valence-corrected chi connectivity index (χ4v) is 6.85. The highest BCUT2D eigenvalue weighted by atomic mass is 32.2. The van der Waals surface area contributed by atoms with Crippen LogP contribution in [0.2, 0.25) is 0 Å². The van der Waals surface area contributed by atoms with Crippen LogP contribution >= 0.6 is 23.1 Å². The average Bonchev–Trinajstić information content (AvgIpc) is 3.10. The molecule has 176 valence electrons. The lowest BCUT2D eigenvalue weighted by Crippen LogP contribution is -2.32. The normalized spacial score (nSPS) is 19.8. The Morgan fingerprint density at radius 1 is 1.24 bits per heavy atom. The van der Waals surface area contributed by atoms with Gasteiger partial charge < -0.3 is 15.4 Å². The molecule has 0 radical (unpaired) electrons. The summed E-state index contributed by atoms with van der Waals surface area (Å²) in [6, 6.07) is 7.56. The topological polar surface area (TPSA) is 84.5 Å². The fraction of sp³-hybridized carbons (Fsp3) is 0.480. The molecule has 1 aliphatic heterocycles. The molecule has 2 heterocycles. The van der Waals surface area contributed by atoms with Crippen LogP contribution in [-0.2, 0) is 27.2 Å². The van der Waals surface area contributed by atoms with Crippen LogP contribution in [0.25, 0.3) is 0 Å². The highest BCUT2D eigenvalue weighted by molar-refractivity contribution is 8.01. The van der Waals surface area contributed by atoms with E-state index in [-0.39, 0.29) is 30.3 Å². The molecular weight excluding hydrogens is 456 g/mol. The lowest BCUT2D eigenvalue weighted by atomic mass is 9.72. The van der Waals surface area contributed by atoms with Gasteiger partial charge in [0.1, 0.15) is 5.00 Å². The maximum absolute atomic E-state index is 13.0. The second-order valence-electron chi connectivity index (χ2n) is 9.58. The standard InChI is InChI=1S/C25H30N2O4S2/c1-5-31-24(30)21-15-11-10-14(25(2,3)4)12-18(15)33-23(21)27-20(28)13-19-22(29)26-16-8-6-7-9-17(16)32-19/h6-9,14,19H,5,10-13H2,1-4H3,(H,26,29)(H,27,28)/t14-,19+/m0/s1. The van der Waals surface area contributed by atoms with Crippen molar-refractivity contribution in [2.45, 2.75) is 63.5 Å². The Balaban J connectivity index is 1.53. The monoisotopic (exact) mass is 486 g/mol. The summed E-state index contributed by atoms with van der Waals surface area (Å²) in [5.41, 5.74) is 2.45. The van der Waals surface area contributed by atoms with Crippen LogP contribution in [0.3, 0.4) is 0 Å². The summed E-state index contributed by atoms with van der Waals surface area (Å²) in [5, 5.41) is 5.83. The predicted molar refractivity (Wildman–Crippen MR) is 133 cm³/mol. The van der Waals surface area contributed by atoms with Gasteiger partial charge in [-0.05, 0) is 55.2 Å². The van der Waals surface area contributed by atoms with Gasteiger partial charge in [0.15, 0.2) is 0 Å². The Morgan fingerprint density at radius 3 is 2.73 bits per heavy atom. The number of carbonyl (C=O) groups excluding carboxylic acids is 3. The lowest BCUT2D eigenvalue weighted by molar-refractivity contribution is -0.120. The summed E-state index contributed by atoms with van der Waals surface area (Å²) in [5.74, 6) is -0.334. The van der Waals surface area contributed by atoms with Crippen molar-refractivity contribution in [1.29, 1.82) is 0 Å². The molecule has 1 aromatic carbocycles. The zero-order chi connectivity index (χ0) is 23.8. The molecular formula is C25H30N2O4S2. The van der Waals surface area contributed by atoms with E-state index in [1.54, 1.807) is 6.92 Å². The highest BCUT2D eigenvalue weighted by Gasteiger charge is 2.35. The van der Waals surface area contributed by atoms with E-state index in [4.69, 9.17) is 4.74 Å². The van der Waals surface area contributed by atoms with Crippen molar-refractivity contribution in [3.8, 4) is 0 Å². The first-order chi connectivity index (χ1) is 15.7. The summed E-state index contributed by atoms with van der Waals surface area (Å²) >= 11 is 2.87. The number of ether oxygens (including phenoxy) is 1. The summed E-state index contributed by atoms with van der Waals surface area (Å²) in [4.78, 5) is 40.4. The largest absolute Gasteiger partial charge is 0.462 e. The zero-order valence-corrected chi connectivity index (χ0v) is 21.1. The van der Waals surface area contributed by atoms with Crippen molar-refractivity contribution in [3.63, 3.8) is 0 Å². The maximum atomic E-state index is 13.0. The van der Waals surface area contributed by atoms with Gasteiger partial charge in [0, 0.05) is 16.2 Å². The molecule has 33 heavy (non-hydrogen) atoms. The van der Waals surface area contributed by atoms with E-state index >= 15 is 0 Å². The van der Waals surface area contributed by atoms with Crippen molar-refractivity contribution in [2.24, 2.45) is 11.3 Å². The third kappa shape index (κ3) is 5.11. The number of hydrogen-bond donors (Lipinski definition) is 2. The molecule has 2 aromatic rings. The Kier molecular flexibility index (Phi) is 6.86. The van der Waals surface area contributed by atoms with Gasteiger partial charge in [-0.25, -0.2) is 4.79 Å². The van der Waals surface area contributed by atoms with Crippen LogP contribution in [0, 0.1) is 11.3 Å². The third-order valence-electron chi connectivity index (χ3n) is 6.30. The summed E-state index contributed by atoms with van der Waals surface area (Å²) < 4.78 is 5.32. The van der Waals surface area contributed by atoms with Gasteiger partial charge in [-0.1, -0.05) is 32.9 Å². The van der Waals surface area contributed by atoms with E-state index in [9.17, 15) is 14.4 Å². The number of esters is 1. The minimum atomic E-state index is -0.522. The quantitative estimate of drug-likeness (QED) is 0.544. The number of fused-ring (bicyclic) bond motifs is 2. The number of hydrogen-bond acceptors (Lipinski definition) is 6. The molecule has 2 amide bonds. The molecule has 1 aliphatic carbocycles. The van der Waals surface area contributed by atoms with E-state index in [0.29, 0.717) is 16.5 Å². The van der Waals surface area contributed by atoms with E-state index in [0.717, 1.165) is 40.3 Å². The number of nitrogens with one attached hydrogen (secondary N) is 2. The molecule has 0 saturated carbocycles. The van der Waals surface area contributed by atoms with Crippen LogP contribution in [0.15, 0.2) is 29.2 Å². The second-order valence-corrected chi connectivity index (χ2v) is 11.9. The minimum Gasteiger partial charge on any atom is -0.462 e. The summed E-state index contributed by atoms with van der Waals surface area (Å²) in [7, 11) is 0. The molecule has 1 aromatic heterocycles. The van der Waals surface area contributed by atoms with Crippen LogP contribution in [0.5, 0.6) is 0 Å². The van der Waals surface area contributed by atoms with Gasteiger partial charge in [-0.2, -0.15) is 0 Å². The SMILES string of the molecule is CCOC(=O)c1c(NC(=O)C[C@H]2Sc3ccccc3NC2=O)sc2c1CC[C@H](C(C)(C)C)C2. The van der Waals surface area contributed by atoms with Crippen LogP contribution in [-0.4, -0.2) is 29.6 Å². The molecule has 2 aliphatic rings. The Hall–Kier alpha value is -2.32. The first-order valence-electron chi connectivity index (χ1n) is 11.4. The fourth-order valence-electron chi connectivity index (χ4n) is 4.41. The predicted octanol–water partition coefficient (Wildman–Crippen LogP) is 5.52. The Morgan fingerprint density at radius 2 is 2.00 bits per heavy atom. The maximum Gasteiger partial charge on any atom is 0.341 e. The van der Waals surface area contributed by atoms with Gasteiger partial charge >= 0.3 is 5.97 Å². The number of para-hydroxylation sites is 1. The van der Waals surface area contributed by atoms with Crippen molar-refractivity contribution in [3.05, 3.63) is 40.3 Å². The summed E-state index contributed by atoms with van der Waals surface area (Å²) in [6.45, 7) is 8.80. The smallest absolute Gasteiger partial charge is 0.341 e. The molecule has 2 N–H and O–H groups in total. The molecule has 4 rings (SSSR count). The molecule has 6 nitrogen and oxygen atoms in total. The van der Waals surface area contributed by atoms with E-state index in [1.807, 2.05) is 24.3 Å². The van der Waals surface area contributed by atoms with Crippen LogP contribution < -0.4 is 10.6 Å². The number of carbonyl (C=O) groups is 3. The van der Waals surface area contributed by atoms with Gasteiger partial charge in [0.2, 0.25) is 11.8 Å². The second kappa shape index (κ2) is 9.50. The van der Waals surface area contributed by atoms with E-state index in [1.165, 1.54) is 23.1 Å². The van der Waals surface area contributed by atoms with Gasteiger partial charge in [-0.15, -0.1) is 23.1 Å². The van der Waals surface area contributed by atoms with Gasteiger partial charge in [0.05, 0.1) is 23.1 Å². The molecule has 0 bridgehead atoms. The number of thiophene rings is 1. The number of amides is 2. The van der Waals surface area contributed by atoms with E-state index in [2.05, 4.69) is 31.4 Å². The first kappa shape index (κ1) is 23.8. The zero-order valence-electron chi connectivity index (χ0n) is 19.4. The molecule has 0 saturated heterocycles. The van der Waals surface area contributed by atoms with Crippen molar-refractivity contribution >= 4 is 51.6 Å². The average molecular weight is 487 g/mol. The molecule has 0 spiro atoms. The molecule has 0 fully saturated rings. The van der Waals surface area contributed by atoms with Crippen molar-refractivity contribution in [1.82, 2.24) is 0 Å². The molecule has 2 atom stereocenters. The highest BCUT2D eigenvalue weighted by Crippen LogP contribution is 2.45. The van der Waals surface area contributed by atoms with Crippen molar-refractivity contribution in [2.75, 3.05) is 17.2 Å². The van der Waals surface area contributed by atoms with Crippen molar-refractivity contribution < 1.29 is 19.1 Å². The first-order valence-corrected chi connectivity index (χ1v) is 13.0. The number of benzene rings is 1. The minimum absolute atomic E-state index is 0.0281. The molecule has 0 unspecified atom stereocenters. The van der Waals surface area contributed by atoms with Crippen LogP contribution in [0.1, 0.15) is 61.3 Å². The number of anilines is 2. The Bertz CT molecular complexity index is 1090. The van der Waals surface area contributed by atoms with Crippen LogP contribution in [0.4, 0.5) is 10.7 Å². The third-order valence-corrected chi connectivity index (χ3v) is 8.74. The number of thioether (sulfide) groups is 1. The molecule has 8 heteroatoms.